The summed E-state index contributed by atoms with van der Waals surface area (Å²) in [6.45, 7) is 0. The first-order chi connectivity index (χ1) is 10.7. The molecule has 4 heteroatoms. The monoisotopic (exact) mass is 291 g/mol. The number of phenolic OH excluding ortho intramolecular Hbond substituents is 1. The number of benzene rings is 3. The molecule has 0 aliphatic carbocycles. The molecule has 0 aromatic heterocycles. The number of nitro groups is 1. The lowest BCUT2D eigenvalue weighted by atomic mass is 9.94. The Labute approximate surface area is 127 Å². The molecule has 108 valence electrons. The van der Waals surface area contributed by atoms with Crippen molar-refractivity contribution < 1.29 is 10.0 Å². The van der Waals surface area contributed by atoms with Crippen molar-refractivity contribution in [1.82, 2.24) is 0 Å². The van der Waals surface area contributed by atoms with E-state index in [4.69, 9.17) is 0 Å². The predicted octanol–water partition coefficient (Wildman–Crippen LogP) is 4.63. The number of nitrogens with zero attached hydrogens (tertiary/aromatic N) is 1. The summed E-state index contributed by atoms with van der Waals surface area (Å²) in [6, 6.07) is 21.2. The van der Waals surface area contributed by atoms with E-state index in [0.29, 0.717) is 0 Å². The van der Waals surface area contributed by atoms with Gasteiger partial charge in [-0.3, -0.25) is 10.1 Å². The van der Waals surface area contributed by atoms with Gasteiger partial charge in [-0.1, -0.05) is 42.5 Å². The number of hydrogen-bond acceptors (Lipinski definition) is 3. The van der Waals surface area contributed by atoms with Crippen LogP contribution in [0.2, 0.25) is 0 Å². The quantitative estimate of drug-likeness (QED) is 0.565. The topological polar surface area (TPSA) is 63.4 Å². The van der Waals surface area contributed by atoms with Gasteiger partial charge in [-0.05, 0) is 34.9 Å². The Kier molecular flexibility index (Phi) is 3.58. The lowest BCUT2D eigenvalue weighted by Crippen LogP contribution is -1.89. The number of hydrogen-bond donors (Lipinski definition) is 1. The third-order valence-electron chi connectivity index (χ3n) is 3.51. The van der Waals surface area contributed by atoms with E-state index in [-0.39, 0.29) is 11.4 Å². The Balaban J connectivity index is 2.13. The highest BCUT2D eigenvalue weighted by molar-refractivity contribution is 5.86. The smallest absolute Gasteiger partial charge is 0.269 e. The molecular formula is C18H13NO3. The summed E-state index contributed by atoms with van der Waals surface area (Å²) < 4.78 is 0. The molecule has 3 aromatic carbocycles. The van der Waals surface area contributed by atoms with E-state index in [1.165, 1.54) is 12.1 Å². The summed E-state index contributed by atoms with van der Waals surface area (Å²) >= 11 is 0. The second-order valence-electron chi connectivity index (χ2n) is 4.87. The molecule has 0 aliphatic heterocycles. The van der Waals surface area contributed by atoms with Crippen molar-refractivity contribution in [3.05, 3.63) is 82.9 Å². The fraction of sp³-hybridized carbons (Fsp3) is 0. The highest BCUT2D eigenvalue weighted by Gasteiger charge is 2.11. The van der Waals surface area contributed by atoms with Crippen LogP contribution >= 0.6 is 0 Å². The first-order valence-corrected chi connectivity index (χ1v) is 6.79. The van der Waals surface area contributed by atoms with Crippen molar-refractivity contribution in [2.75, 3.05) is 0 Å². The molecule has 0 atom stereocenters. The molecule has 4 nitrogen and oxygen atoms in total. The Hall–Kier alpha value is -3.14. The molecule has 0 amide bonds. The minimum absolute atomic E-state index is 0.0591. The summed E-state index contributed by atoms with van der Waals surface area (Å²) in [5.41, 5.74) is 3.46. The van der Waals surface area contributed by atoms with Crippen molar-refractivity contribution in [3.8, 4) is 28.0 Å². The zero-order valence-electron chi connectivity index (χ0n) is 11.6. The molecule has 0 heterocycles. The minimum atomic E-state index is -0.418. The van der Waals surface area contributed by atoms with Crippen LogP contribution in [0.5, 0.6) is 5.75 Å². The first-order valence-electron chi connectivity index (χ1n) is 6.79. The fourth-order valence-corrected chi connectivity index (χ4v) is 2.43. The van der Waals surface area contributed by atoms with Gasteiger partial charge in [0, 0.05) is 17.7 Å². The SMILES string of the molecule is O=[N+]([O-])c1ccc(-c2ccccc2-c2ccccc2O)cc1. The molecule has 0 fully saturated rings. The Morgan fingerprint density at radius 2 is 1.27 bits per heavy atom. The molecule has 0 aliphatic rings. The molecule has 0 saturated heterocycles. The van der Waals surface area contributed by atoms with Gasteiger partial charge in [-0.15, -0.1) is 0 Å². The second-order valence-corrected chi connectivity index (χ2v) is 4.87. The summed E-state index contributed by atoms with van der Waals surface area (Å²) in [5, 5.41) is 20.8. The zero-order valence-corrected chi connectivity index (χ0v) is 11.6. The summed E-state index contributed by atoms with van der Waals surface area (Å²) in [6.07, 6.45) is 0. The number of para-hydroxylation sites is 1. The van der Waals surface area contributed by atoms with Crippen LogP contribution in [-0.4, -0.2) is 10.0 Å². The number of aromatic hydroxyl groups is 1. The standard InChI is InChI=1S/C18H13NO3/c20-18-8-4-3-7-17(18)16-6-2-1-5-15(16)13-9-11-14(12-10-13)19(21)22/h1-12,20H. The molecule has 0 unspecified atom stereocenters. The van der Waals surface area contributed by atoms with E-state index in [1.54, 1.807) is 24.3 Å². The van der Waals surface area contributed by atoms with Crippen molar-refractivity contribution in [3.63, 3.8) is 0 Å². The summed E-state index contributed by atoms with van der Waals surface area (Å²) in [7, 11) is 0. The molecule has 0 radical (unpaired) electrons. The molecule has 1 N–H and O–H groups in total. The maximum Gasteiger partial charge on any atom is 0.269 e. The van der Waals surface area contributed by atoms with Gasteiger partial charge in [0.05, 0.1) is 4.92 Å². The predicted molar refractivity (Wildman–Crippen MR) is 85.6 cm³/mol. The largest absolute Gasteiger partial charge is 0.507 e. The molecule has 0 bridgehead atoms. The number of phenols is 1. The number of non-ortho nitro benzene ring substituents is 1. The molecule has 22 heavy (non-hydrogen) atoms. The van der Waals surface area contributed by atoms with E-state index < -0.39 is 4.92 Å². The molecule has 3 aromatic rings. The average Bonchev–Trinajstić information content (AvgIpc) is 2.55. The third kappa shape index (κ3) is 2.54. The number of rotatable bonds is 3. The average molecular weight is 291 g/mol. The Morgan fingerprint density at radius 1 is 0.727 bits per heavy atom. The summed E-state index contributed by atoms with van der Waals surface area (Å²) in [5.74, 6) is 0.205. The summed E-state index contributed by atoms with van der Waals surface area (Å²) in [4.78, 5) is 10.3. The number of nitro benzene ring substituents is 1. The molecule has 0 spiro atoms. The van der Waals surface area contributed by atoms with E-state index in [2.05, 4.69) is 0 Å². The van der Waals surface area contributed by atoms with E-state index in [1.807, 2.05) is 36.4 Å². The maximum absolute atomic E-state index is 10.8. The van der Waals surface area contributed by atoms with Crippen molar-refractivity contribution in [2.45, 2.75) is 0 Å². The van der Waals surface area contributed by atoms with Gasteiger partial charge in [0.15, 0.2) is 0 Å². The van der Waals surface area contributed by atoms with Gasteiger partial charge >= 0.3 is 0 Å². The highest BCUT2D eigenvalue weighted by Crippen LogP contribution is 2.36. The molecule has 0 saturated carbocycles. The van der Waals surface area contributed by atoms with E-state index in [0.717, 1.165) is 22.3 Å². The normalized spacial score (nSPS) is 10.4. The fourth-order valence-electron chi connectivity index (χ4n) is 2.43. The van der Waals surface area contributed by atoms with Crippen molar-refractivity contribution in [2.24, 2.45) is 0 Å². The highest BCUT2D eigenvalue weighted by atomic mass is 16.6. The van der Waals surface area contributed by atoms with Gasteiger partial charge in [0.2, 0.25) is 0 Å². The second kappa shape index (κ2) is 5.69. The van der Waals surface area contributed by atoms with Gasteiger partial charge in [-0.25, -0.2) is 0 Å². The van der Waals surface area contributed by atoms with E-state index in [9.17, 15) is 15.2 Å². The van der Waals surface area contributed by atoms with Gasteiger partial charge in [0.25, 0.3) is 5.69 Å². The maximum atomic E-state index is 10.8. The Bertz CT molecular complexity index is 826. The van der Waals surface area contributed by atoms with Crippen molar-refractivity contribution >= 4 is 5.69 Å². The lowest BCUT2D eigenvalue weighted by Gasteiger charge is -2.11. The molecular weight excluding hydrogens is 278 g/mol. The van der Waals surface area contributed by atoms with Gasteiger partial charge in [-0.2, -0.15) is 0 Å². The lowest BCUT2D eigenvalue weighted by molar-refractivity contribution is -0.384. The van der Waals surface area contributed by atoms with Crippen LogP contribution in [0.25, 0.3) is 22.3 Å². The van der Waals surface area contributed by atoms with Crippen LogP contribution in [0.3, 0.4) is 0 Å². The van der Waals surface area contributed by atoms with Crippen LogP contribution in [-0.2, 0) is 0 Å². The van der Waals surface area contributed by atoms with Crippen LogP contribution < -0.4 is 0 Å². The van der Waals surface area contributed by atoms with Crippen molar-refractivity contribution in [1.29, 1.82) is 0 Å². The Morgan fingerprint density at radius 3 is 1.86 bits per heavy atom. The van der Waals surface area contributed by atoms with E-state index >= 15 is 0 Å². The molecule has 3 rings (SSSR count). The van der Waals surface area contributed by atoms with Gasteiger partial charge in [0.1, 0.15) is 5.75 Å². The first kappa shape index (κ1) is 13.8. The third-order valence-corrected chi connectivity index (χ3v) is 3.51. The van der Waals surface area contributed by atoms with Gasteiger partial charge < -0.3 is 5.11 Å². The van der Waals surface area contributed by atoms with Crippen LogP contribution in [0, 0.1) is 10.1 Å². The van der Waals surface area contributed by atoms with Crippen LogP contribution in [0.4, 0.5) is 5.69 Å². The van der Waals surface area contributed by atoms with Crippen LogP contribution in [0.1, 0.15) is 0 Å². The zero-order chi connectivity index (χ0) is 15.5. The minimum Gasteiger partial charge on any atom is -0.507 e. The van der Waals surface area contributed by atoms with Crippen LogP contribution in [0.15, 0.2) is 72.8 Å².